The number of pyridine rings is 1. The Hall–Kier alpha value is -2.61. The second-order valence-electron chi connectivity index (χ2n) is 6.43. The molecule has 1 aromatic carbocycles. The number of aromatic nitrogens is 1. The number of hydrogen-bond acceptors (Lipinski definition) is 5. The van der Waals surface area contributed by atoms with Gasteiger partial charge in [0.25, 0.3) is 0 Å². The van der Waals surface area contributed by atoms with Crippen molar-refractivity contribution in [3.63, 3.8) is 0 Å². The van der Waals surface area contributed by atoms with Gasteiger partial charge in [0.05, 0.1) is 29.6 Å². The molecule has 0 saturated carbocycles. The van der Waals surface area contributed by atoms with Crippen LogP contribution in [0.5, 0.6) is 5.75 Å². The lowest BCUT2D eigenvalue weighted by molar-refractivity contribution is -0.112. The van der Waals surface area contributed by atoms with Crippen molar-refractivity contribution in [3.05, 3.63) is 29.5 Å². The second kappa shape index (κ2) is 6.48. The summed E-state index contributed by atoms with van der Waals surface area (Å²) in [5.41, 5.74) is 3.10. The smallest absolute Gasteiger partial charge is 0.123 e. The third kappa shape index (κ3) is 2.69. The van der Waals surface area contributed by atoms with Crippen LogP contribution in [-0.2, 0) is 4.79 Å². The number of nitrogens with zero attached hydrogens (tertiary/aromatic N) is 3. The van der Waals surface area contributed by atoms with Crippen LogP contribution < -0.4 is 9.64 Å². The van der Waals surface area contributed by atoms with Crippen LogP contribution in [-0.4, -0.2) is 31.5 Å². The zero-order chi connectivity index (χ0) is 17.3. The van der Waals surface area contributed by atoms with Crippen molar-refractivity contribution in [3.8, 4) is 11.8 Å². The summed E-state index contributed by atoms with van der Waals surface area (Å²) in [5.74, 6) is 1.10. The summed E-state index contributed by atoms with van der Waals surface area (Å²) in [6, 6.07) is 8.06. The number of carbonyl (C=O) groups excluding carboxylic acids is 1. The quantitative estimate of drug-likeness (QED) is 0.812. The van der Waals surface area contributed by atoms with E-state index in [0.29, 0.717) is 5.56 Å². The molecule has 2 aromatic rings. The SMILES string of the molecule is COc1ccc2nc(C)c(C#N)c(N3CCC(C=O)C(C)C3)c2c1. The maximum atomic E-state index is 11.2. The Morgan fingerprint density at radius 1 is 1.46 bits per heavy atom. The number of methoxy groups -OCH3 is 1. The number of benzene rings is 1. The summed E-state index contributed by atoms with van der Waals surface area (Å²) in [5, 5.41) is 10.6. The van der Waals surface area contributed by atoms with Crippen molar-refractivity contribution < 1.29 is 9.53 Å². The Morgan fingerprint density at radius 3 is 2.88 bits per heavy atom. The van der Waals surface area contributed by atoms with Crippen molar-refractivity contribution in [1.29, 1.82) is 5.26 Å². The zero-order valence-electron chi connectivity index (χ0n) is 14.2. The number of carbonyl (C=O) groups is 1. The second-order valence-corrected chi connectivity index (χ2v) is 6.43. The Kier molecular flexibility index (Phi) is 4.39. The average Bonchev–Trinajstić information content (AvgIpc) is 2.60. The number of piperidine rings is 1. The molecule has 0 amide bonds. The Bertz CT molecular complexity index is 825. The summed E-state index contributed by atoms with van der Waals surface area (Å²) < 4.78 is 5.35. The molecular weight excluding hydrogens is 302 g/mol. The minimum Gasteiger partial charge on any atom is -0.497 e. The number of hydrogen-bond donors (Lipinski definition) is 0. The van der Waals surface area contributed by atoms with Gasteiger partial charge in [0.1, 0.15) is 18.1 Å². The van der Waals surface area contributed by atoms with E-state index in [9.17, 15) is 10.1 Å². The molecule has 0 radical (unpaired) electrons. The van der Waals surface area contributed by atoms with Crippen LogP contribution >= 0.6 is 0 Å². The van der Waals surface area contributed by atoms with Gasteiger partial charge in [0.2, 0.25) is 0 Å². The van der Waals surface area contributed by atoms with Gasteiger partial charge in [-0.25, -0.2) is 0 Å². The van der Waals surface area contributed by atoms with E-state index < -0.39 is 0 Å². The first-order valence-electron chi connectivity index (χ1n) is 8.17. The van der Waals surface area contributed by atoms with Crippen molar-refractivity contribution in [2.24, 2.45) is 11.8 Å². The van der Waals surface area contributed by atoms with Gasteiger partial charge in [-0.05, 0) is 37.5 Å². The molecule has 1 fully saturated rings. The third-order valence-electron chi connectivity index (χ3n) is 4.92. The molecule has 0 bridgehead atoms. The lowest BCUT2D eigenvalue weighted by atomic mass is 9.87. The van der Waals surface area contributed by atoms with Gasteiger partial charge in [-0.3, -0.25) is 4.98 Å². The van der Waals surface area contributed by atoms with Gasteiger partial charge in [-0.2, -0.15) is 5.26 Å². The standard InChI is InChI=1S/C19H21N3O2/c1-12-10-22(7-6-14(12)11-23)19-16-8-15(24-3)4-5-18(16)21-13(2)17(19)9-20/h4-5,8,11-12,14H,6-7,10H2,1-3H3. The average molecular weight is 323 g/mol. The number of rotatable bonds is 3. The third-order valence-corrected chi connectivity index (χ3v) is 4.92. The highest BCUT2D eigenvalue weighted by atomic mass is 16.5. The molecule has 1 saturated heterocycles. The van der Waals surface area contributed by atoms with Crippen molar-refractivity contribution in [2.75, 3.05) is 25.1 Å². The van der Waals surface area contributed by atoms with E-state index in [1.165, 1.54) is 0 Å². The van der Waals surface area contributed by atoms with Crippen LogP contribution in [0, 0.1) is 30.1 Å². The number of ether oxygens (including phenoxy) is 1. The minimum absolute atomic E-state index is 0.0931. The molecule has 1 aliphatic heterocycles. The van der Waals surface area contributed by atoms with E-state index >= 15 is 0 Å². The molecule has 0 spiro atoms. The molecule has 2 atom stereocenters. The predicted octanol–water partition coefficient (Wildman–Crippen LogP) is 3.08. The van der Waals surface area contributed by atoms with Crippen molar-refractivity contribution in [2.45, 2.75) is 20.3 Å². The molecule has 1 aliphatic rings. The maximum absolute atomic E-state index is 11.2. The number of fused-ring (bicyclic) bond motifs is 1. The zero-order valence-corrected chi connectivity index (χ0v) is 14.2. The number of anilines is 1. The number of nitriles is 1. The fourth-order valence-electron chi connectivity index (χ4n) is 3.50. The van der Waals surface area contributed by atoms with Crippen LogP contribution in [0.15, 0.2) is 18.2 Å². The molecule has 2 unspecified atom stereocenters. The van der Waals surface area contributed by atoms with E-state index in [1.807, 2.05) is 25.1 Å². The summed E-state index contributed by atoms with van der Waals surface area (Å²) >= 11 is 0. The van der Waals surface area contributed by atoms with Crippen LogP contribution in [0.2, 0.25) is 0 Å². The maximum Gasteiger partial charge on any atom is 0.123 e. The van der Waals surface area contributed by atoms with Crippen LogP contribution in [0.25, 0.3) is 10.9 Å². The summed E-state index contributed by atoms with van der Waals surface area (Å²) in [4.78, 5) is 18.0. The normalized spacial score (nSPS) is 20.7. The Morgan fingerprint density at radius 2 is 2.25 bits per heavy atom. The first-order valence-corrected chi connectivity index (χ1v) is 8.17. The fraction of sp³-hybridized carbons (Fsp3) is 0.421. The van der Waals surface area contributed by atoms with E-state index in [-0.39, 0.29) is 11.8 Å². The monoisotopic (exact) mass is 323 g/mol. The largest absolute Gasteiger partial charge is 0.497 e. The molecule has 0 N–H and O–H groups in total. The molecule has 5 nitrogen and oxygen atoms in total. The van der Waals surface area contributed by atoms with Crippen molar-refractivity contribution >= 4 is 22.9 Å². The van der Waals surface area contributed by atoms with Crippen LogP contribution in [0.3, 0.4) is 0 Å². The Balaban J connectivity index is 2.17. The summed E-state index contributed by atoms with van der Waals surface area (Å²) in [6.07, 6.45) is 1.87. The highest BCUT2D eigenvalue weighted by Gasteiger charge is 2.28. The fourth-order valence-corrected chi connectivity index (χ4v) is 3.50. The molecule has 2 heterocycles. The molecule has 1 aromatic heterocycles. The predicted molar refractivity (Wildman–Crippen MR) is 93.3 cm³/mol. The molecule has 24 heavy (non-hydrogen) atoms. The van der Waals surface area contributed by atoms with Gasteiger partial charge in [0, 0.05) is 24.4 Å². The molecule has 124 valence electrons. The minimum atomic E-state index is 0.0931. The molecule has 3 rings (SSSR count). The first kappa shape index (κ1) is 16.3. The first-order chi connectivity index (χ1) is 11.6. The number of aryl methyl sites for hydroxylation is 1. The van der Waals surface area contributed by atoms with Gasteiger partial charge in [0.15, 0.2) is 0 Å². The molecule has 0 aliphatic carbocycles. The molecule has 5 heteroatoms. The van der Waals surface area contributed by atoms with Gasteiger partial charge >= 0.3 is 0 Å². The lowest BCUT2D eigenvalue weighted by Crippen LogP contribution is -2.40. The highest BCUT2D eigenvalue weighted by Crippen LogP contribution is 2.36. The van der Waals surface area contributed by atoms with E-state index in [1.54, 1.807) is 7.11 Å². The van der Waals surface area contributed by atoms with Gasteiger partial charge in [-0.1, -0.05) is 6.92 Å². The van der Waals surface area contributed by atoms with E-state index in [4.69, 9.17) is 4.74 Å². The van der Waals surface area contributed by atoms with Crippen LogP contribution in [0.4, 0.5) is 5.69 Å². The lowest BCUT2D eigenvalue weighted by Gasteiger charge is -2.37. The topological polar surface area (TPSA) is 66.2 Å². The Labute approximate surface area is 141 Å². The number of aldehydes is 1. The van der Waals surface area contributed by atoms with E-state index in [0.717, 1.165) is 53.8 Å². The molecular formula is C19H21N3O2. The van der Waals surface area contributed by atoms with Crippen LogP contribution in [0.1, 0.15) is 24.6 Å². The summed E-state index contributed by atoms with van der Waals surface area (Å²) in [7, 11) is 1.63. The van der Waals surface area contributed by atoms with Gasteiger partial charge in [-0.15, -0.1) is 0 Å². The van der Waals surface area contributed by atoms with E-state index in [2.05, 4.69) is 22.9 Å². The summed E-state index contributed by atoms with van der Waals surface area (Å²) in [6.45, 7) is 5.48. The highest BCUT2D eigenvalue weighted by molar-refractivity contribution is 5.96. The van der Waals surface area contributed by atoms with Gasteiger partial charge < -0.3 is 14.4 Å². The van der Waals surface area contributed by atoms with Crippen molar-refractivity contribution in [1.82, 2.24) is 4.98 Å².